The van der Waals surface area contributed by atoms with Gasteiger partial charge >= 0.3 is 5.97 Å². The van der Waals surface area contributed by atoms with Crippen LogP contribution < -0.4 is 0 Å². The summed E-state index contributed by atoms with van der Waals surface area (Å²) >= 11 is 0. The zero-order chi connectivity index (χ0) is 9.84. The monoisotopic (exact) mass is 187 g/mol. The van der Waals surface area contributed by atoms with E-state index in [-0.39, 0.29) is 18.6 Å². The van der Waals surface area contributed by atoms with E-state index in [0.717, 1.165) is 0 Å². The van der Waals surface area contributed by atoms with E-state index in [4.69, 9.17) is 9.84 Å². The Kier molecular flexibility index (Phi) is 3.25. The van der Waals surface area contributed by atoms with E-state index in [1.54, 1.807) is 0 Å². The summed E-state index contributed by atoms with van der Waals surface area (Å²) in [5, 5.41) is 8.47. The van der Waals surface area contributed by atoms with Crippen molar-refractivity contribution >= 4 is 11.9 Å². The highest BCUT2D eigenvalue weighted by Gasteiger charge is 2.30. The maximum atomic E-state index is 11.2. The fraction of sp³-hybridized carbons (Fsp3) is 0.750. The molecule has 0 aromatic rings. The number of nitrogens with zero attached hydrogens (tertiary/aromatic N) is 1. The molecule has 0 radical (unpaired) electrons. The fourth-order valence-corrected chi connectivity index (χ4v) is 1.40. The van der Waals surface area contributed by atoms with Gasteiger partial charge in [-0.25, -0.2) is 0 Å². The normalized spacial score (nSPS) is 22.4. The van der Waals surface area contributed by atoms with Crippen molar-refractivity contribution in [2.75, 3.05) is 19.7 Å². The molecule has 0 aliphatic carbocycles. The predicted octanol–water partition coefficient (Wildman–Crippen LogP) is -0.292. The first kappa shape index (κ1) is 9.98. The van der Waals surface area contributed by atoms with Crippen molar-refractivity contribution < 1.29 is 19.4 Å². The molecule has 0 spiro atoms. The minimum atomic E-state index is -0.981. The van der Waals surface area contributed by atoms with Crippen LogP contribution in [0.25, 0.3) is 0 Å². The standard InChI is InChI=1S/C8H13NO4/c1-2-13-6-3-7(10)9(4-6)5-8(11)12/h6H,2-5H2,1H3,(H,11,12). The third-order valence-electron chi connectivity index (χ3n) is 1.91. The average molecular weight is 187 g/mol. The van der Waals surface area contributed by atoms with E-state index < -0.39 is 5.97 Å². The smallest absolute Gasteiger partial charge is 0.323 e. The lowest BCUT2D eigenvalue weighted by molar-refractivity contribution is -0.142. The van der Waals surface area contributed by atoms with Crippen LogP contribution in [0.15, 0.2) is 0 Å². The van der Waals surface area contributed by atoms with Crippen molar-refractivity contribution in [2.24, 2.45) is 0 Å². The number of carboxylic acids is 1. The Hall–Kier alpha value is -1.10. The minimum Gasteiger partial charge on any atom is -0.480 e. The van der Waals surface area contributed by atoms with Gasteiger partial charge in [0, 0.05) is 13.2 Å². The molecule has 5 heteroatoms. The summed E-state index contributed by atoms with van der Waals surface area (Å²) < 4.78 is 5.23. The summed E-state index contributed by atoms with van der Waals surface area (Å²) in [5.41, 5.74) is 0. The van der Waals surface area contributed by atoms with Gasteiger partial charge in [0.15, 0.2) is 0 Å². The molecule has 0 aromatic carbocycles. The number of carboxylic acid groups (broad SMARTS) is 1. The second kappa shape index (κ2) is 4.23. The highest BCUT2D eigenvalue weighted by Crippen LogP contribution is 2.13. The zero-order valence-corrected chi connectivity index (χ0v) is 7.52. The molecule has 13 heavy (non-hydrogen) atoms. The van der Waals surface area contributed by atoms with Gasteiger partial charge in [0.25, 0.3) is 0 Å². The topological polar surface area (TPSA) is 66.8 Å². The molecule has 74 valence electrons. The highest BCUT2D eigenvalue weighted by atomic mass is 16.5. The van der Waals surface area contributed by atoms with Crippen LogP contribution in [0.3, 0.4) is 0 Å². The van der Waals surface area contributed by atoms with Gasteiger partial charge in [0.1, 0.15) is 6.54 Å². The summed E-state index contributed by atoms with van der Waals surface area (Å²) in [6.07, 6.45) is 0.179. The maximum absolute atomic E-state index is 11.2. The molecule has 1 atom stereocenters. The lowest BCUT2D eigenvalue weighted by Crippen LogP contribution is -2.31. The van der Waals surface area contributed by atoms with Gasteiger partial charge in [0.05, 0.1) is 12.5 Å². The maximum Gasteiger partial charge on any atom is 0.323 e. The SMILES string of the molecule is CCOC1CC(=O)N(CC(=O)O)C1. The van der Waals surface area contributed by atoms with E-state index in [0.29, 0.717) is 19.6 Å². The molecule has 0 aromatic heterocycles. The molecule has 1 heterocycles. The van der Waals surface area contributed by atoms with Crippen molar-refractivity contribution in [3.05, 3.63) is 0 Å². The molecular weight excluding hydrogens is 174 g/mol. The van der Waals surface area contributed by atoms with Crippen molar-refractivity contribution in [2.45, 2.75) is 19.4 Å². The fourth-order valence-electron chi connectivity index (χ4n) is 1.40. The molecule has 5 nitrogen and oxygen atoms in total. The number of hydrogen-bond acceptors (Lipinski definition) is 3. The summed E-state index contributed by atoms with van der Waals surface area (Å²) in [4.78, 5) is 22.8. The molecule has 0 saturated carbocycles. The van der Waals surface area contributed by atoms with E-state index in [1.807, 2.05) is 6.92 Å². The largest absolute Gasteiger partial charge is 0.480 e. The quantitative estimate of drug-likeness (QED) is 0.656. The van der Waals surface area contributed by atoms with Crippen molar-refractivity contribution in [1.82, 2.24) is 4.90 Å². The van der Waals surface area contributed by atoms with Crippen LogP contribution in [-0.2, 0) is 14.3 Å². The van der Waals surface area contributed by atoms with Gasteiger partial charge < -0.3 is 14.7 Å². The average Bonchev–Trinajstić information content (AvgIpc) is 2.31. The number of carbonyl (C=O) groups excluding carboxylic acids is 1. The van der Waals surface area contributed by atoms with Crippen molar-refractivity contribution in [3.63, 3.8) is 0 Å². The first-order valence-electron chi connectivity index (χ1n) is 4.24. The first-order valence-corrected chi connectivity index (χ1v) is 4.24. The number of carbonyl (C=O) groups is 2. The summed E-state index contributed by atoms with van der Waals surface area (Å²) in [6, 6.07) is 0. The summed E-state index contributed by atoms with van der Waals surface area (Å²) in [5.74, 6) is -1.12. The molecule has 1 fully saturated rings. The van der Waals surface area contributed by atoms with Gasteiger partial charge in [0.2, 0.25) is 5.91 Å². The second-order valence-corrected chi connectivity index (χ2v) is 2.95. The Bertz CT molecular complexity index is 216. The lowest BCUT2D eigenvalue weighted by Gasteiger charge is -2.13. The number of amides is 1. The molecule has 1 N–H and O–H groups in total. The lowest BCUT2D eigenvalue weighted by atomic mass is 10.3. The van der Waals surface area contributed by atoms with E-state index in [2.05, 4.69) is 0 Å². The Balaban J connectivity index is 2.41. The third-order valence-corrected chi connectivity index (χ3v) is 1.91. The van der Waals surface area contributed by atoms with Crippen LogP contribution in [0, 0.1) is 0 Å². The van der Waals surface area contributed by atoms with Crippen molar-refractivity contribution in [3.8, 4) is 0 Å². The van der Waals surface area contributed by atoms with Crippen LogP contribution in [0.4, 0.5) is 0 Å². The van der Waals surface area contributed by atoms with Gasteiger partial charge in [-0.2, -0.15) is 0 Å². The van der Waals surface area contributed by atoms with Gasteiger partial charge in [-0.1, -0.05) is 0 Å². The first-order chi connectivity index (χ1) is 6.13. The highest BCUT2D eigenvalue weighted by molar-refractivity contribution is 5.83. The number of aliphatic carboxylic acids is 1. The van der Waals surface area contributed by atoms with E-state index in [9.17, 15) is 9.59 Å². The van der Waals surface area contributed by atoms with Crippen LogP contribution >= 0.6 is 0 Å². The molecule has 1 amide bonds. The van der Waals surface area contributed by atoms with E-state index in [1.165, 1.54) is 4.90 Å². The zero-order valence-electron chi connectivity index (χ0n) is 7.52. The molecule has 0 bridgehead atoms. The summed E-state index contributed by atoms with van der Waals surface area (Å²) in [6.45, 7) is 2.59. The van der Waals surface area contributed by atoms with Crippen LogP contribution in [0.2, 0.25) is 0 Å². The molecule has 1 aliphatic heterocycles. The Morgan fingerprint density at radius 1 is 1.77 bits per heavy atom. The third kappa shape index (κ3) is 2.69. The molecule has 1 aliphatic rings. The van der Waals surface area contributed by atoms with Crippen LogP contribution in [-0.4, -0.2) is 47.7 Å². The Labute approximate surface area is 76.3 Å². The van der Waals surface area contributed by atoms with E-state index >= 15 is 0 Å². The molecule has 1 saturated heterocycles. The number of hydrogen-bond donors (Lipinski definition) is 1. The van der Waals surface area contributed by atoms with Crippen LogP contribution in [0.5, 0.6) is 0 Å². The van der Waals surface area contributed by atoms with Gasteiger partial charge in [-0.05, 0) is 6.92 Å². The van der Waals surface area contributed by atoms with Crippen LogP contribution in [0.1, 0.15) is 13.3 Å². The Morgan fingerprint density at radius 2 is 2.46 bits per heavy atom. The molecular formula is C8H13NO4. The van der Waals surface area contributed by atoms with Gasteiger partial charge in [-0.15, -0.1) is 0 Å². The molecule has 1 rings (SSSR count). The predicted molar refractivity (Wildman–Crippen MR) is 44.2 cm³/mol. The minimum absolute atomic E-state index is 0.128. The summed E-state index contributed by atoms with van der Waals surface area (Å²) in [7, 11) is 0. The Morgan fingerprint density at radius 3 is 3.00 bits per heavy atom. The number of likely N-dealkylation sites (tertiary alicyclic amines) is 1. The second-order valence-electron chi connectivity index (χ2n) is 2.95. The number of ether oxygens (including phenoxy) is 1. The van der Waals surface area contributed by atoms with Crippen molar-refractivity contribution in [1.29, 1.82) is 0 Å². The number of rotatable bonds is 4. The molecule has 1 unspecified atom stereocenters. The van der Waals surface area contributed by atoms with Gasteiger partial charge in [-0.3, -0.25) is 9.59 Å².